The van der Waals surface area contributed by atoms with Crippen molar-refractivity contribution < 1.29 is 28.6 Å². The van der Waals surface area contributed by atoms with Gasteiger partial charge in [-0.3, -0.25) is 14.6 Å². The number of ether oxygens (including phenoxy) is 1. The van der Waals surface area contributed by atoms with Gasteiger partial charge in [-0.1, -0.05) is 17.0 Å². The van der Waals surface area contributed by atoms with Crippen LogP contribution in [0.3, 0.4) is 0 Å². The molecule has 0 atom stereocenters. The minimum absolute atomic E-state index is 0.00599. The number of nitrogens with zero attached hydrogens (tertiary/aromatic N) is 6. The Balaban J connectivity index is 1.10. The number of hydrogen-bond donors (Lipinski definition) is 3. The van der Waals surface area contributed by atoms with Gasteiger partial charge < -0.3 is 30.3 Å². The fourth-order valence-corrected chi connectivity index (χ4v) is 5.78. The van der Waals surface area contributed by atoms with Crippen LogP contribution in [-0.4, -0.2) is 92.3 Å². The number of fused-ring (bicyclic) bond motifs is 2. The van der Waals surface area contributed by atoms with E-state index in [0.29, 0.717) is 49.7 Å². The first-order chi connectivity index (χ1) is 20.8. The number of rotatable bonds is 8. The molecule has 13 nitrogen and oxygen atoms in total. The number of urea groups is 1. The Bertz CT molecular complexity index is 1570. The number of aliphatic hydroxyl groups excluding tert-OH is 1. The lowest BCUT2D eigenvalue weighted by Crippen LogP contribution is -2.51. The molecule has 15 heteroatoms. The molecule has 43 heavy (non-hydrogen) atoms. The maximum Gasteiger partial charge on any atom is 0.319 e. The zero-order valence-electron chi connectivity index (χ0n) is 23.0. The van der Waals surface area contributed by atoms with E-state index in [9.17, 15) is 18.8 Å². The summed E-state index contributed by atoms with van der Waals surface area (Å²) in [5.41, 5.74) is 1.63. The van der Waals surface area contributed by atoms with Gasteiger partial charge in [-0.2, -0.15) is 0 Å². The molecule has 2 fully saturated rings. The second-order valence-corrected chi connectivity index (χ2v) is 11.5. The Morgan fingerprint density at radius 1 is 1.12 bits per heavy atom. The van der Waals surface area contributed by atoms with Gasteiger partial charge in [-0.15, -0.1) is 5.10 Å². The number of hydrogen-bond acceptors (Lipinski definition) is 9. The van der Waals surface area contributed by atoms with E-state index >= 15 is 0 Å². The minimum Gasteiger partial charge on any atom is -0.453 e. The molecule has 0 radical (unpaired) electrons. The average molecular weight is 609 g/mol. The molecule has 1 aromatic heterocycles. The van der Waals surface area contributed by atoms with Gasteiger partial charge in [0, 0.05) is 72.1 Å². The summed E-state index contributed by atoms with van der Waals surface area (Å²) < 4.78 is 22.4. The van der Waals surface area contributed by atoms with Crippen LogP contribution in [0.4, 0.5) is 14.9 Å². The van der Waals surface area contributed by atoms with Crippen LogP contribution in [0.25, 0.3) is 4.91 Å². The molecule has 6 rings (SSSR count). The number of aliphatic imine (C=N–C) groups is 1. The van der Waals surface area contributed by atoms with Crippen molar-refractivity contribution in [3.63, 3.8) is 0 Å². The monoisotopic (exact) mass is 608 g/mol. The van der Waals surface area contributed by atoms with Crippen LogP contribution < -0.4 is 15.4 Å². The van der Waals surface area contributed by atoms with E-state index in [1.54, 1.807) is 29.4 Å². The maximum absolute atomic E-state index is 14.9. The van der Waals surface area contributed by atoms with Gasteiger partial charge >= 0.3 is 6.03 Å². The van der Waals surface area contributed by atoms with Crippen molar-refractivity contribution in [2.45, 2.75) is 31.8 Å². The largest absolute Gasteiger partial charge is 0.453 e. The molecular formula is C28H29FN8O5S. The fourth-order valence-electron chi connectivity index (χ4n) is 4.69. The Labute approximate surface area is 250 Å². The molecule has 4 heterocycles. The topological polar surface area (TPSA) is 154 Å². The van der Waals surface area contributed by atoms with Gasteiger partial charge in [-0.25, -0.2) is 13.9 Å². The summed E-state index contributed by atoms with van der Waals surface area (Å²) >= 11 is 1.40. The number of carbonyl (C=O) groups is 3. The van der Waals surface area contributed by atoms with E-state index < -0.39 is 12.4 Å². The summed E-state index contributed by atoms with van der Waals surface area (Å²) in [7, 11) is 0. The van der Waals surface area contributed by atoms with E-state index in [4.69, 9.17) is 9.84 Å². The molecule has 4 amide bonds. The van der Waals surface area contributed by atoms with Crippen LogP contribution >= 0.6 is 11.8 Å². The van der Waals surface area contributed by atoms with Crippen molar-refractivity contribution >= 4 is 45.9 Å². The zero-order valence-corrected chi connectivity index (χ0v) is 23.8. The number of aliphatic hydroxyl groups is 1. The fraction of sp³-hybridized carbons (Fsp3) is 0.357. The molecule has 1 saturated carbocycles. The molecular weight excluding hydrogens is 579 g/mol. The first-order valence-corrected chi connectivity index (χ1v) is 14.6. The molecule has 0 spiro atoms. The third-order valence-corrected chi connectivity index (χ3v) is 8.28. The van der Waals surface area contributed by atoms with Crippen LogP contribution in [0, 0.1) is 5.82 Å². The third kappa shape index (κ3) is 6.94. The van der Waals surface area contributed by atoms with Crippen molar-refractivity contribution in [3.05, 3.63) is 64.9 Å². The van der Waals surface area contributed by atoms with Crippen LogP contribution in [0.2, 0.25) is 0 Å². The van der Waals surface area contributed by atoms with E-state index in [1.807, 2.05) is 6.08 Å². The van der Waals surface area contributed by atoms with Gasteiger partial charge in [-0.05, 0) is 37.1 Å². The third-order valence-electron chi connectivity index (χ3n) is 7.14. The number of thioether (sulfide) groups is 1. The number of benzene rings is 1. The molecule has 2 bridgehead atoms. The first-order valence-electron chi connectivity index (χ1n) is 13.8. The molecule has 2 aromatic rings. The molecule has 4 aliphatic rings. The molecule has 1 saturated heterocycles. The predicted molar refractivity (Wildman–Crippen MR) is 156 cm³/mol. The van der Waals surface area contributed by atoms with Crippen molar-refractivity contribution in [2.24, 2.45) is 4.99 Å². The van der Waals surface area contributed by atoms with Gasteiger partial charge in [0.1, 0.15) is 24.6 Å². The highest BCUT2D eigenvalue weighted by Gasteiger charge is 2.26. The number of piperazine rings is 1. The van der Waals surface area contributed by atoms with Crippen LogP contribution in [0.5, 0.6) is 5.75 Å². The molecule has 1 aromatic carbocycles. The lowest BCUT2D eigenvalue weighted by atomic mass is 10.2. The smallest absolute Gasteiger partial charge is 0.319 e. The van der Waals surface area contributed by atoms with Crippen molar-refractivity contribution in [1.29, 1.82) is 0 Å². The number of allylic oxidation sites excluding steroid dienone is 3. The molecule has 224 valence electrons. The van der Waals surface area contributed by atoms with Crippen molar-refractivity contribution in [1.82, 2.24) is 30.1 Å². The second-order valence-electron chi connectivity index (χ2n) is 10.4. The summed E-state index contributed by atoms with van der Waals surface area (Å²) in [5, 5.41) is 22.8. The van der Waals surface area contributed by atoms with Gasteiger partial charge in [0.25, 0.3) is 0 Å². The maximum atomic E-state index is 14.9. The van der Waals surface area contributed by atoms with Crippen molar-refractivity contribution in [3.8, 4) is 5.75 Å². The number of anilines is 1. The molecule has 0 unspecified atom stereocenters. The number of nitrogens with one attached hydrogen (secondary N) is 2. The van der Waals surface area contributed by atoms with E-state index in [0.717, 1.165) is 28.4 Å². The van der Waals surface area contributed by atoms with Gasteiger partial charge in [0.15, 0.2) is 11.6 Å². The summed E-state index contributed by atoms with van der Waals surface area (Å²) in [4.78, 5) is 45.7. The summed E-state index contributed by atoms with van der Waals surface area (Å²) in [6, 6.07) is 4.07. The van der Waals surface area contributed by atoms with Gasteiger partial charge in [0.05, 0.1) is 6.20 Å². The first kappa shape index (κ1) is 28.6. The lowest BCUT2D eigenvalue weighted by Gasteiger charge is -2.34. The Morgan fingerprint density at radius 2 is 1.88 bits per heavy atom. The average Bonchev–Trinajstić information content (AvgIpc) is 3.72. The van der Waals surface area contributed by atoms with Crippen molar-refractivity contribution in [2.75, 3.05) is 38.1 Å². The summed E-state index contributed by atoms with van der Waals surface area (Å²) in [6.07, 6.45) is 9.22. The number of amides is 4. The molecule has 3 aliphatic heterocycles. The normalized spacial score (nSPS) is 18.1. The number of aromatic nitrogens is 3. The quantitative estimate of drug-likeness (QED) is 0.412. The van der Waals surface area contributed by atoms with E-state index in [-0.39, 0.29) is 36.2 Å². The van der Waals surface area contributed by atoms with E-state index in [1.165, 1.54) is 33.5 Å². The van der Waals surface area contributed by atoms with Gasteiger partial charge in [0.2, 0.25) is 11.8 Å². The predicted octanol–water partition coefficient (Wildman–Crippen LogP) is 2.10. The molecule has 1 aliphatic carbocycles. The SMILES string of the molecule is O=C(Nc1ccc(OC2=C3CC(=NC=C2)C=C(c2cn(CC(=O)N4CCN(C(=O)CO)CC4)nn2)S3)c(F)c1)NC1CC1. The van der Waals surface area contributed by atoms with Crippen LogP contribution in [-0.2, 0) is 16.1 Å². The minimum atomic E-state index is -0.623. The lowest BCUT2D eigenvalue weighted by molar-refractivity contribution is -0.141. The summed E-state index contributed by atoms with van der Waals surface area (Å²) in [5.74, 6) is -0.680. The zero-order chi connectivity index (χ0) is 29.9. The van der Waals surface area contributed by atoms with E-state index in [2.05, 4.69) is 25.9 Å². The van der Waals surface area contributed by atoms with Crippen LogP contribution in [0.15, 0.2) is 58.4 Å². The number of carbonyl (C=O) groups excluding carboxylic acids is 3. The van der Waals surface area contributed by atoms with Crippen LogP contribution in [0.1, 0.15) is 25.0 Å². The number of halogens is 1. The Kier molecular flexibility index (Phi) is 8.24. The highest BCUT2D eigenvalue weighted by atomic mass is 32.2. The summed E-state index contributed by atoms with van der Waals surface area (Å²) in [6.45, 7) is 0.953. The highest BCUT2D eigenvalue weighted by Crippen LogP contribution is 2.42. The Hall–Kier alpha value is -4.50. The Morgan fingerprint density at radius 3 is 2.60 bits per heavy atom. The highest BCUT2D eigenvalue weighted by molar-refractivity contribution is 8.12. The second kappa shape index (κ2) is 12.4. The molecule has 3 N–H and O–H groups in total. The standard InChI is InChI=1S/C28H29FN8O5S/c29-20-11-18(32-28(41)31-17-1-2-17)3-4-22(20)42-23-5-6-30-19-12-24(43-25(23)13-19)21-14-37(34-33-21)15-26(39)35-7-9-36(10-8-35)27(40)16-38/h3-6,11-12,14,17,38H,1-2,7-10,13,15-16H2,(H2,31,32,41).